The first-order chi connectivity index (χ1) is 8.90. The lowest BCUT2D eigenvalue weighted by Crippen LogP contribution is -2.06. The summed E-state index contributed by atoms with van der Waals surface area (Å²) >= 11 is 0. The fourth-order valence-corrected chi connectivity index (χ4v) is 1.78. The van der Waals surface area contributed by atoms with Gasteiger partial charge in [-0.3, -0.25) is 0 Å². The number of aromatic nitrogens is 1. The van der Waals surface area contributed by atoms with Gasteiger partial charge in [0, 0.05) is 12.7 Å². The second-order valence-electron chi connectivity index (χ2n) is 4.03. The van der Waals surface area contributed by atoms with Gasteiger partial charge >= 0.3 is 0 Å². The summed E-state index contributed by atoms with van der Waals surface area (Å²) in [5, 5.41) is 12.1. The van der Waals surface area contributed by atoms with Crippen LogP contribution in [0.15, 0.2) is 48.7 Å². The van der Waals surface area contributed by atoms with Crippen LogP contribution in [0.2, 0.25) is 0 Å². The molecule has 3 nitrogen and oxygen atoms in total. The van der Waals surface area contributed by atoms with Gasteiger partial charge in [0.15, 0.2) is 0 Å². The molecule has 0 saturated carbocycles. The van der Waals surface area contributed by atoms with E-state index < -0.39 is 0 Å². The van der Waals surface area contributed by atoms with Crippen molar-refractivity contribution in [1.29, 1.82) is 5.26 Å². The topological polar surface area (TPSA) is 48.7 Å². The van der Waals surface area contributed by atoms with E-state index in [0.29, 0.717) is 11.4 Å². The lowest BCUT2D eigenvalue weighted by molar-refractivity contribution is 0.858. The minimum atomic E-state index is 0.595. The van der Waals surface area contributed by atoms with E-state index in [9.17, 15) is 0 Å². The van der Waals surface area contributed by atoms with Crippen LogP contribution in [0, 0.1) is 11.3 Å². The summed E-state index contributed by atoms with van der Waals surface area (Å²) in [6.07, 6.45) is 3.74. The highest BCUT2D eigenvalue weighted by molar-refractivity contribution is 5.51. The summed E-state index contributed by atoms with van der Waals surface area (Å²) in [5.41, 5.74) is 1.93. The van der Waals surface area contributed by atoms with Gasteiger partial charge in [-0.15, -0.1) is 0 Å². The van der Waals surface area contributed by atoms with Crippen molar-refractivity contribution in [2.75, 3.05) is 11.9 Å². The first kappa shape index (κ1) is 12.1. The predicted octanol–water partition coefficient (Wildman–Crippen LogP) is 3.00. The van der Waals surface area contributed by atoms with Crippen LogP contribution in [0.4, 0.5) is 5.82 Å². The lowest BCUT2D eigenvalue weighted by Gasteiger charge is -2.06. The van der Waals surface area contributed by atoms with Gasteiger partial charge in [-0.05, 0) is 30.5 Å². The molecule has 18 heavy (non-hydrogen) atoms. The third-order valence-corrected chi connectivity index (χ3v) is 2.71. The van der Waals surface area contributed by atoms with Crippen LogP contribution >= 0.6 is 0 Å². The van der Waals surface area contributed by atoms with Crippen molar-refractivity contribution < 1.29 is 0 Å². The van der Waals surface area contributed by atoms with Gasteiger partial charge in [0.2, 0.25) is 0 Å². The molecule has 0 aliphatic carbocycles. The molecule has 1 aromatic carbocycles. The van der Waals surface area contributed by atoms with Crippen LogP contribution in [0.5, 0.6) is 0 Å². The Kier molecular flexibility index (Phi) is 4.32. The number of nitriles is 1. The van der Waals surface area contributed by atoms with Crippen molar-refractivity contribution in [3.05, 3.63) is 59.8 Å². The second-order valence-corrected chi connectivity index (χ2v) is 4.03. The zero-order valence-corrected chi connectivity index (χ0v) is 10.1. The number of hydrogen-bond donors (Lipinski definition) is 1. The first-order valence-electron chi connectivity index (χ1n) is 6.03. The van der Waals surface area contributed by atoms with Crippen LogP contribution < -0.4 is 5.32 Å². The van der Waals surface area contributed by atoms with Gasteiger partial charge in [-0.1, -0.05) is 30.3 Å². The van der Waals surface area contributed by atoms with E-state index in [1.807, 2.05) is 6.07 Å². The number of rotatable bonds is 5. The number of anilines is 1. The lowest BCUT2D eigenvalue weighted by atomic mass is 10.1. The van der Waals surface area contributed by atoms with Crippen molar-refractivity contribution in [1.82, 2.24) is 4.98 Å². The summed E-state index contributed by atoms with van der Waals surface area (Å²) in [7, 11) is 0. The highest BCUT2D eigenvalue weighted by Gasteiger charge is 2.00. The van der Waals surface area contributed by atoms with Gasteiger partial charge in [0.1, 0.15) is 11.9 Å². The Morgan fingerprint density at radius 3 is 2.72 bits per heavy atom. The average molecular weight is 237 g/mol. The largest absolute Gasteiger partial charge is 0.369 e. The molecule has 0 spiro atoms. The van der Waals surface area contributed by atoms with Crippen LogP contribution in [-0.4, -0.2) is 11.5 Å². The van der Waals surface area contributed by atoms with Crippen LogP contribution in [0.25, 0.3) is 0 Å². The number of nitrogens with zero attached hydrogens (tertiary/aromatic N) is 2. The van der Waals surface area contributed by atoms with Gasteiger partial charge in [0.05, 0.1) is 5.56 Å². The van der Waals surface area contributed by atoms with Gasteiger partial charge in [-0.25, -0.2) is 4.98 Å². The summed E-state index contributed by atoms with van der Waals surface area (Å²) in [6, 6.07) is 16.0. The molecule has 2 rings (SSSR count). The maximum absolute atomic E-state index is 8.92. The summed E-state index contributed by atoms with van der Waals surface area (Å²) in [4.78, 5) is 4.16. The molecule has 1 heterocycles. The molecule has 0 atom stereocenters. The smallest absolute Gasteiger partial charge is 0.143 e. The first-order valence-corrected chi connectivity index (χ1v) is 6.03. The molecular weight excluding hydrogens is 222 g/mol. The zero-order chi connectivity index (χ0) is 12.6. The molecule has 0 amide bonds. The van der Waals surface area contributed by atoms with E-state index >= 15 is 0 Å². The third-order valence-electron chi connectivity index (χ3n) is 2.71. The number of aryl methyl sites for hydroxylation is 1. The Morgan fingerprint density at radius 1 is 1.11 bits per heavy atom. The molecule has 1 N–H and O–H groups in total. The van der Waals surface area contributed by atoms with E-state index in [1.165, 1.54) is 5.56 Å². The number of nitrogens with one attached hydrogen (secondary N) is 1. The van der Waals surface area contributed by atoms with E-state index in [4.69, 9.17) is 5.26 Å². The molecule has 0 radical (unpaired) electrons. The SMILES string of the molecule is N#Cc1cccnc1NCCCc1ccccc1. The fourth-order valence-electron chi connectivity index (χ4n) is 1.78. The molecule has 3 heteroatoms. The molecule has 90 valence electrons. The van der Waals surface area contributed by atoms with Gasteiger partial charge < -0.3 is 5.32 Å². The Balaban J connectivity index is 1.81. The minimum absolute atomic E-state index is 0.595. The second kappa shape index (κ2) is 6.41. The quantitative estimate of drug-likeness (QED) is 0.813. The average Bonchev–Trinajstić information content (AvgIpc) is 2.45. The Bertz CT molecular complexity index is 529. The van der Waals surface area contributed by atoms with Crippen LogP contribution in [0.1, 0.15) is 17.5 Å². The van der Waals surface area contributed by atoms with E-state index in [2.05, 4.69) is 40.6 Å². The summed E-state index contributed by atoms with van der Waals surface area (Å²) < 4.78 is 0. The summed E-state index contributed by atoms with van der Waals surface area (Å²) in [6.45, 7) is 0.820. The predicted molar refractivity (Wildman–Crippen MR) is 72.2 cm³/mol. The van der Waals surface area contributed by atoms with Gasteiger partial charge in [0.25, 0.3) is 0 Å². The van der Waals surface area contributed by atoms with Crippen molar-refractivity contribution in [2.24, 2.45) is 0 Å². The van der Waals surface area contributed by atoms with Crippen molar-refractivity contribution in [2.45, 2.75) is 12.8 Å². The molecular formula is C15H15N3. The van der Waals surface area contributed by atoms with Crippen molar-refractivity contribution in [3.63, 3.8) is 0 Å². The Labute approximate surface area is 107 Å². The van der Waals surface area contributed by atoms with E-state index in [0.717, 1.165) is 19.4 Å². The molecule has 0 saturated heterocycles. The standard InChI is InChI=1S/C15H15N3/c16-12-14-9-5-11-18-15(14)17-10-4-8-13-6-2-1-3-7-13/h1-3,5-7,9,11H,4,8,10H2,(H,17,18). The monoisotopic (exact) mass is 237 g/mol. The highest BCUT2D eigenvalue weighted by atomic mass is 15.0. The fraction of sp³-hybridized carbons (Fsp3) is 0.200. The third kappa shape index (κ3) is 3.33. The summed E-state index contributed by atoms with van der Waals surface area (Å²) in [5.74, 6) is 0.674. The minimum Gasteiger partial charge on any atom is -0.369 e. The molecule has 0 aliphatic rings. The molecule has 0 fully saturated rings. The molecule has 1 aromatic heterocycles. The Morgan fingerprint density at radius 2 is 1.94 bits per heavy atom. The van der Waals surface area contributed by atoms with Gasteiger partial charge in [-0.2, -0.15) is 5.26 Å². The van der Waals surface area contributed by atoms with Crippen LogP contribution in [-0.2, 0) is 6.42 Å². The molecule has 2 aromatic rings. The highest BCUT2D eigenvalue weighted by Crippen LogP contribution is 2.10. The normalized spacial score (nSPS) is 9.72. The van der Waals surface area contributed by atoms with Crippen molar-refractivity contribution >= 4 is 5.82 Å². The molecule has 0 unspecified atom stereocenters. The van der Waals surface area contributed by atoms with Crippen molar-refractivity contribution in [3.8, 4) is 6.07 Å². The zero-order valence-electron chi connectivity index (χ0n) is 10.1. The molecule has 0 bridgehead atoms. The molecule has 0 aliphatic heterocycles. The van der Waals surface area contributed by atoms with Crippen LogP contribution in [0.3, 0.4) is 0 Å². The Hall–Kier alpha value is -2.34. The number of benzene rings is 1. The van der Waals surface area contributed by atoms with E-state index in [1.54, 1.807) is 18.3 Å². The maximum Gasteiger partial charge on any atom is 0.143 e. The maximum atomic E-state index is 8.92. The number of hydrogen-bond acceptors (Lipinski definition) is 3. The number of pyridine rings is 1. The van der Waals surface area contributed by atoms with E-state index in [-0.39, 0.29) is 0 Å².